The molecule has 1 aromatic heterocycles. The predicted molar refractivity (Wildman–Crippen MR) is 78.4 cm³/mol. The summed E-state index contributed by atoms with van der Waals surface area (Å²) in [6.45, 7) is 0. The monoisotopic (exact) mass is 373 g/mol. The van der Waals surface area contributed by atoms with Crippen molar-refractivity contribution >= 4 is 46.4 Å². The quantitative estimate of drug-likeness (QED) is 0.438. The van der Waals surface area contributed by atoms with E-state index in [9.17, 15) is 13.2 Å². The van der Waals surface area contributed by atoms with E-state index in [0.29, 0.717) is 16.7 Å². The Labute approximate surface area is 138 Å². The van der Waals surface area contributed by atoms with Crippen LogP contribution in [0.15, 0.2) is 30.3 Å². The number of alkyl halides is 4. The second kappa shape index (κ2) is 6.21. The molecule has 8 heteroatoms. The van der Waals surface area contributed by atoms with Gasteiger partial charge < -0.3 is 0 Å². The number of halogens is 7. The van der Waals surface area contributed by atoms with Gasteiger partial charge in [-0.15, -0.1) is 11.6 Å². The molecule has 0 aliphatic rings. The average Bonchev–Trinajstić information content (AvgIpc) is 2.37. The van der Waals surface area contributed by atoms with Crippen molar-refractivity contribution in [2.75, 3.05) is 0 Å². The number of aromatic nitrogens is 1. The number of pyridine rings is 1. The van der Waals surface area contributed by atoms with Crippen LogP contribution in [0.3, 0.4) is 0 Å². The van der Waals surface area contributed by atoms with Crippen LogP contribution in [0.2, 0.25) is 15.3 Å². The molecule has 0 aliphatic heterocycles. The number of hydrogen-bond donors (Lipinski definition) is 0. The van der Waals surface area contributed by atoms with Crippen LogP contribution in [0.1, 0.15) is 22.1 Å². The van der Waals surface area contributed by atoms with Gasteiger partial charge in [-0.1, -0.05) is 46.9 Å². The highest BCUT2D eigenvalue weighted by Gasteiger charge is 2.37. The maximum atomic E-state index is 13.1. The molecule has 0 N–H and O–H groups in total. The lowest BCUT2D eigenvalue weighted by Gasteiger charge is -2.18. The van der Waals surface area contributed by atoms with Gasteiger partial charge in [0.2, 0.25) is 0 Å². The van der Waals surface area contributed by atoms with Gasteiger partial charge in [0, 0.05) is 10.6 Å². The Kier molecular flexibility index (Phi) is 4.93. The summed E-state index contributed by atoms with van der Waals surface area (Å²) in [7, 11) is 0. The van der Waals surface area contributed by atoms with Crippen LogP contribution in [0, 0.1) is 0 Å². The number of nitrogens with zero attached hydrogens (tertiary/aromatic N) is 1. The molecule has 1 heterocycles. The van der Waals surface area contributed by atoms with Crippen LogP contribution in [0.4, 0.5) is 13.2 Å². The molecular weight excluding hydrogens is 369 g/mol. The molecule has 0 amide bonds. The van der Waals surface area contributed by atoms with E-state index in [1.807, 2.05) is 0 Å². The summed E-state index contributed by atoms with van der Waals surface area (Å²) in [5, 5.41) is -1.42. The third kappa shape index (κ3) is 3.75. The summed E-state index contributed by atoms with van der Waals surface area (Å²) in [4.78, 5) is 3.63. The molecule has 2 rings (SSSR count). The molecule has 0 saturated carbocycles. The first-order valence-corrected chi connectivity index (χ1v) is 7.10. The van der Waals surface area contributed by atoms with Gasteiger partial charge in [0.05, 0.1) is 10.9 Å². The number of benzene rings is 1. The molecule has 112 valence electrons. The number of rotatable bonds is 2. The Hall–Kier alpha value is -0.680. The normalized spacial score (nSPS) is 13.3. The maximum Gasteiger partial charge on any atom is 0.416 e. The molecule has 1 nitrogen and oxygen atoms in total. The van der Waals surface area contributed by atoms with Crippen molar-refractivity contribution in [2.24, 2.45) is 0 Å². The van der Waals surface area contributed by atoms with Gasteiger partial charge in [-0.3, -0.25) is 0 Å². The highest BCUT2D eigenvalue weighted by molar-refractivity contribution is 6.34. The minimum atomic E-state index is -4.65. The molecule has 0 saturated heterocycles. The summed E-state index contributed by atoms with van der Waals surface area (Å²) in [5.41, 5.74) is -0.933. The van der Waals surface area contributed by atoms with Crippen LogP contribution in [-0.4, -0.2) is 4.98 Å². The SMILES string of the molecule is FC(F)(F)c1cc(Cl)nc(Cl)c1[C@H](Cl)c1ccc(Cl)cc1. The van der Waals surface area contributed by atoms with Gasteiger partial charge in [-0.05, 0) is 23.8 Å². The Balaban J connectivity index is 2.59. The molecular formula is C13H6Cl4F3N. The van der Waals surface area contributed by atoms with Gasteiger partial charge in [0.1, 0.15) is 10.3 Å². The summed E-state index contributed by atoms with van der Waals surface area (Å²) < 4.78 is 39.4. The molecule has 21 heavy (non-hydrogen) atoms. The average molecular weight is 375 g/mol. The predicted octanol–water partition coefficient (Wildman–Crippen LogP) is 6.39. The van der Waals surface area contributed by atoms with Crippen molar-refractivity contribution in [3.63, 3.8) is 0 Å². The lowest BCUT2D eigenvalue weighted by Crippen LogP contribution is -2.12. The molecule has 0 bridgehead atoms. The third-order valence-corrected chi connectivity index (χ3v) is 3.91. The lowest BCUT2D eigenvalue weighted by atomic mass is 10.0. The van der Waals surface area contributed by atoms with Gasteiger partial charge in [0.15, 0.2) is 0 Å². The first kappa shape index (κ1) is 16.7. The van der Waals surface area contributed by atoms with E-state index in [4.69, 9.17) is 46.4 Å². The highest BCUT2D eigenvalue weighted by Crippen LogP contribution is 2.43. The minimum Gasteiger partial charge on any atom is -0.224 e. The first-order chi connectivity index (χ1) is 9.70. The Morgan fingerprint density at radius 1 is 1.00 bits per heavy atom. The lowest BCUT2D eigenvalue weighted by molar-refractivity contribution is -0.138. The smallest absolute Gasteiger partial charge is 0.224 e. The standard InChI is InChI=1S/C13H6Cl4F3N/c14-7-3-1-6(2-4-7)11(16)10-8(13(18,19)20)5-9(15)21-12(10)17/h1-5,11H/t11-/m1/s1. The van der Waals surface area contributed by atoms with Crippen molar-refractivity contribution < 1.29 is 13.2 Å². The Morgan fingerprint density at radius 2 is 1.57 bits per heavy atom. The molecule has 0 radical (unpaired) electrons. The van der Waals surface area contributed by atoms with Gasteiger partial charge in [-0.2, -0.15) is 13.2 Å². The van der Waals surface area contributed by atoms with E-state index in [-0.39, 0.29) is 15.9 Å². The highest BCUT2D eigenvalue weighted by atomic mass is 35.5. The van der Waals surface area contributed by atoms with Crippen LogP contribution in [-0.2, 0) is 6.18 Å². The van der Waals surface area contributed by atoms with Crippen molar-refractivity contribution in [2.45, 2.75) is 11.6 Å². The van der Waals surface area contributed by atoms with E-state index >= 15 is 0 Å². The zero-order valence-electron chi connectivity index (χ0n) is 10.1. The molecule has 2 aromatic rings. The summed E-state index contributed by atoms with van der Waals surface area (Å²) >= 11 is 23.2. The largest absolute Gasteiger partial charge is 0.416 e. The molecule has 0 unspecified atom stereocenters. The Bertz CT molecular complexity index is 656. The van der Waals surface area contributed by atoms with Crippen molar-refractivity contribution in [1.82, 2.24) is 4.98 Å². The third-order valence-electron chi connectivity index (χ3n) is 2.70. The summed E-state index contributed by atoms with van der Waals surface area (Å²) in [5.74, 6) is 0. The zero-order valence-corrected chi connectivity index (χ0v) is 13.1. The van der Waals surface area contributed by atoms with E-state index in [0.717, 1.165) is 0 Å². The van der Waals surface area contributed by atoms with Crippen LogP contribution < -0.4 is 0 Å². The molecule has 0 spiro atoms. The molecule has 0 aliphatic carbocycles. The van der Waals surface area contributed by atoms with E-state index in [2.05, 4.69) is 4.98 Å². The van der Waals surface area contributed by atoms with E-state index in [1.54, 1.807) is 0 Å². The molecule has 0 fully saturated rings. The molecule has 1 aromatic carbocycles. The van der Waals surface area contributed by atoms with Gasteiger partial charge >= 0.3 is 6.18 Å². The fourth-order valence-electron chi connectivity index (χ4n) is 1.77. The van der Waals surface area contributed by atoms with Gasteiger partial charge in [-0.25, -0.2) is 4.98 Å². The van der Waals surface area contributed by atoms with Crippen LogP contribution in [0.25, 0.3) is 0 Å². The van der Waals surface area contributed by atoms with Crippen molar-refractivity contribution in [3.05, 3.63) is 62.4 Å². The van der Waals surface area contributed by atoms with Crippen LogP contribution in [0.5, 0.6) is 0 Å². The minimum absolute atomic E-state index is 0.336. The van der Waals surface area contributed by atoms with Crippen LogP contribution >= 0.6 is 46.4 Å². The van der Waals surface area contributed by atoms with Gasteiger partial charge in [0.25, 0.3) is 0 Å². The van der Waals surface area contributed by atoms with Crippen molar-refractivity contribution in [3.8, 4) is 0 Å². The zero-order chi connectivity index (χ0) is 15.8. The van der Waals surface area contributed by atoms with E-state index < -0.39 is 17.1 Å². The second-order valence-electron chi connectivity index (χ2n) is 4.11. The second-order valence-corrected chi connectivity index (χ2v) is 5.73. The Morgan fingerprint density at radius 3 is 2.10 bits per heavy atom. The van der Waals surface area contributed by atoms with E-state index in [1.165, 1.54) is 24.3 Å². The summed E-state index contributed by atoms with van der Waals surface area (Å²) in [6, 6.07) is 6.79. The fraction of sp³-hybridized carbons (Fsp3) is 0.154. The number of hydrogen-bond acceptors (Lipinski definition) is 1. The summed E-state index contributed by atoms with van der Waals surface area (Å²) in [6.07, 6.45) is -4.65. The molecule has 1 atom stereocenters. The topological polar surface area (TPSA) is 12.9 Å². The van der Waals surface area contributed by atoms with Crippen molar-refractivity contribution in [1.29, 1.82) is 0 Å². The first-order valence-electron chi connectivity index (χ1n) is 5.53. The fourth-order valence-corrected chi connectivity index (χ4v) is 2.86. The maximum absolute atomic E-state index is 13.1.